The molecule has 1 aromatic carbocycles. The second-order valence-corrected chi connectivity index (χ2v) is 4.11. The third-order valence-electron chi connectivity index (χ3n) is 2.70. The number of aryl methyl sites for hydroxylation is 2. The lowest BCUT2D eigenvalue weighted by atomic mass is 10.1. The van der Waals surface area contributed by atoms with Crippen LogP contribution in [-0.2, 0) is 11.8 Å². The van der Waals surface area contributed by atoms with E-state index in [1.807, 2.05) is 38.2 Å². The van der Waals surface area contributed by atoms with Crippen molar-refractivity contribution < 1.29 is 9.90 Å². The van der Waals surface area contributed by atoms with Crippen LogP contribution in [0.2, 0.25) is 0 Å². The maximum Gasteiger partial charge on any atom is 0.328 e. The van der Waals surface area contributed by atoms with E-state index >= 15 is 0 Å². The normalized spacial score (nSPS) is 11.0. The van der Waals surface area contributed by atoms with Gasteiger partial charge in [0.1, 0.15) is 0 Å². The fourth-order valence-electron chi connectivity index (χ4n) is 1.80. The number of benzene rings is 1. The number of hydrogen-bond donors (Lipinski definition) is 1. The van der Waals surface area contributed by atoms with Crippen molar-refractivity contribution in [2.75, 3.05) is 0 Å². The summed E-state index contributed by atoms with van der Waals surface area (Å²) in [5, 5.41) is 12.8. The molecule has 0 saturated carbocycles. The Balaban J connectivity index is 2.46. The highest BCUT2D eigenvalue weighted by Gasteiger charge is 2.08. The summed E-state index contributed by atoms with van der Waals surface area (Å²) in [5.41, 5.74) is 3.91. The van der Waals surface area contributed by atoms with Crippen LogP contribution in [0, 0.1) is 6.92 Å². The quantitative estimate of drug-likeness (QED) is 0.841. The van der Waals surface area contributed by atoms with Crippen molar-refractivity contribution >= 4 is 12.0 Å². The van der Waals surface area contributed by atoms with E-state index in [1.54, 1.807) is 17.0 Å². The highest BCUT2D eigenvalue weighted by atomic mass is 16.4. The molecule has 0 aliphatic carbocycles. The summed E-state index contributed by atoms with van der Waals surface area (Å²) in [5.74, 6) is -0.964. The molecule has 2 aromatic rings. The van der Waals surface area contributed by atoms with Gasteiger partial charge in [-0.05, 0) is 13.0 Å². The van der Waals surface area contributed by atoms with E-state index < -0.39 is 5.97 Å². The van der Waals surface area contributed by atoms with Crippen LogP contribution < -0.4 is 0 Å². The summed E-state index contributed by atoms with van der Waals surface area (Å²) in [7, 11) is 1.84. The molecule has 0 radical (unpaired) electrons. The fraction of sp³-hybridized carbons (Fsp3) is 0.143. The minimum Gasteiger partial charge on any atom is -0.478 e. The number of carboxylic acid groups (broad SMARTS) is 1. The highest BCUT2D eigenvalue weighted by Crippen LogP contribution is 2.24. The van der Waals surface area contributed by atoms with Gasteiger partial charge in [0, 0.05) is 24.3 Å². The Morgan fingerprint density at radius 2 is 2.00 bits per heavy atom. The second-order valence-electron chi connectivity index (χ2n) is 4.11. The average molecular weight is 242 g/mol. The molecule has 2 rings (SSSR count). The van der Waals surface area contributed by atoms with Gasteiger partial charge >= 0.3 is 5.97 Å². The summed E-state index contributed by atoms with van der Waals surface area (Å²) in [4.78, 5) is 10.6. The van der Waals surface area contributed by atoms with E-state index in [-0.39, 0.29) is 0 Å². The van der Waals surface area contributed by atoms with Crippen molar-refractivity contribution in [2.24, 2.45) is 7.05 Å². The molecule has 0 bridgehead atoms. The van der Waals surface area contributed by atoms with Gasteiger partial charge in [-0.3, -0.25) is 4.68 Å². The number of rotatable bonds is 3. The van der Waals surface area contributed by atoms with E-state index in [9.17, 15) is 4.79 Å². The van der Waals surface area contributed by atoms with Gasteiger partial charge in [-0.15, -0.1) is 0 Å². The Kier molecular flexibility index (Phi) is 3.28. The monoisotopic (exact) mass is 242 g/mol. The minimum atomic E-state index is -0.964. The average Bonchev–Trinajstić information content (AvgIpc) is 2.69. The van der Waals surface area contributed by atoms with E-state index in [1.165, 1.54) is 5.56 Å². The third-order valence-corrected chi connectivity index (χ3v) is 2.70. The van der Waals surface area contributed by atoms with Crippen LogP contribution in [0.15, 0.2) is 36.5 Å². The summed E-state index contributed by atoms with van der Waals surface area (Å²) in [6, 6.07) is 8.05. The first-order valence-electron chi connectivity index (χ1n) is 5.58. The second kappa shape index (κ2) is 4.87. The Bertz CT molecular complexity index is 595. The fourth-order valence-corrected chi connectivity index (χ4v) is 1.80. The van der Waals surface area contributed by atoms with Gasteiger partial charge in [-0.1, -0.05) is 29.8 Å². The lowest BCUT2D eigenvalue weighted by Crippen LogP contribution is -1.94. The van der Waals surface area contributed by atoms with Gasteiger partial charge < -0.3 is 5.11 Å². The Labute approximate surface area is 105 Å². The molecular weight excluding hydrogens is 228 g/mol. The van der Waals surface area contributed by atoms with Crippen LogP contribution >= 0.6 is 0 Å². The molecule has 1 aromatic heterocycles. The number of aromatic nitrogens is 2. The zero-order valence-electron chi connectivity index (χ0n) is 10.3. The molecule has 92 valence electrons. The maximum atomic E-state index is 10.6. The van der Waals surface area contributed by atoms with Gasteiger partial charge in [-0.2, -0.15) is 5.10 Å². The van der Waals surface area contributed by atoms with Crippen LogP contribution in [0.3, 0.4) is 0 Å². The largest absolute Gasteiger partial charge is 0.478 e. The molecule has 0 spiro atoms. The van der Waals surface area contributed by atoms with Gasteiger partial charge in [0.2, 0.25) is 0 Å². The van der Waals surface area contributed by atoms with E-state index in [0.717, 1.165) is 22.9 Å². The minimum absolute atomic E-state index is 0.795. The summed E-state index contributed by atoms with van der Waals surface area (Å²) < 4.78 is 1.74. The zero-order chi connectivity index (χ0) is 13.1. The van der Waals surface area contributed by atoms with E-state index in [0.29, 0.717) is 0 Å². The van der Waals surface area contributed by atoms with Crippen LogP contribution in [0.25, 0.3) is 17.3 Å². The van der Waals surface area contributed by atoms with Crippen molar-refractivity contribution in [3.05, 3.63) is 47.7 Å². The molecule has 0 aliphatic heterocycles. The van der Waals surface area contributed by atoms with Crippen LogP contribution in [-0.4, -0.2) is 20.9 Å². The number of aliphatic carboxylic acids is 1. The Morgan fingerprint density at radius 3 is 2.61 bits per heavy atom. The van der Waals surface area contributed by atoms with Crippen molar-refractivity contribution in [3.63, 3.8) is 0 Å². The van der Waals surface area contributed by atoms with E-state index in [4.69, 9.17) is 5.11 Å². The first-order chi connectivity index (χ1) is 8.58. The SMILES string of the molecule is Cc1ccc(-c2c(/C=C/C(=O)O)cnn2C)cc1. The molecule has 0 amide bonds. The Morgan fingerprint density at radius 1 is 1.33 bits per heavy atom. The first kappa shape index (κ1) is 12.1. The lowest BCUT2D eigenvalue weighted by molar-refractivity contribution is -0.131. The van der Waals surface area contributed by atoms with Crippen LogP contribution in [0.4, 0.5) is 0 Å². The molecule has 0 atom stereocenters. The van der Waals surface area contributed by atoms with Gasteiger partial charge in [-0.25, -0.2) is 4.79 Å². The van der Waals surface area contributed by atoms with Crippen molar-refractivity contribution in [3.8, 4) is 11.3 Å². The van der Waals surface area contributed by atoms with Gasteiger partial charge in [0.25, 0.3) is 0 Å². The summed E-state index contributed by atoms with van der Waals surface area (Å²) >= 11 is 0. The molecule has 1 N–H and O–H groups in total. The third kappa shape index (κ3) is 2.48. The van der Waals surface area contributed by atoms with Gasteiger partial charge in [0.05, 0.1) is 11.9 Å². The number of carbonyl (C=O) groups is 1. The topological polar surface area (TPSA) is 55.1 Å². The van der Waals surface area contributed by atoms with Crippen LogP contribution in [0.5, 0.6) is 0 Å². The predicted octanol–water partition coefficient (Wildman–Crippen LogP) is 2.49. The maximum absolute atomic E-state index is 10.6. The molecule has 1 heterocycles. The standard InChI is InChI=1S/C14H14N2O2/c1-10-3-5-11(6-4-10)14-12(7-8-13(17)18)9-15-16(14)2/h3-9H,1-2H3,(H,17,18)/b8-7+. The summed E-state index contributed by atoms with van der Waals surface area (Å²) in [6.45, 7) is 2.03. The number of hydrogen-bond acceptors (Lipinski definition) is 2. The van der Waals surface area contributed by atoms with Crippen molar-refractivity contribution in [1.82, 2.24) is 9.78 Å². The Hall–Kier alpha value is -2.36. The van der Waals surface area contributed by atoms with Crippen molar-refractivity contribution in [1.29, 1.82) is 0 Å². The molecular formula is C14H14N2O2. The molecule has 0 unspecified atom stereocenters. The molecule has 4 nitrogen and oxygen atoms in total. The highest BCUT2D eigenvalue weighted by molar-refractivity contribution is 5.87. The molecule has 0 saturated heterocycles. The molecule has 0 fully saturated rings. The van der Waals surface area contributed by atoms with Gasteiger partial charge in [0.15, 0.2) is 0 Å². The first-order valence-corrected chi connectivity index (χ1v) is 5.58. The number of nitrogens with zero attached hydrogens (tertiary/aromatic N) is 2. The number of carboxylic acids is 1. The molecule has 4 heteroatoms. The van der Waals surface area contributed by atoms with Crippen molar-refractivity contribution in [2.45, 2.75) is 6.92 Å². The van der Waals surface area contributed by atoms with Crippen LogP contribution in [0.1, 0.15) is 11.1 Å². The molecule has 18 heavy (non-hydrogen) atoms. The smallest absolute Gasteiger partial charge is 0.328 e. The van der Waals surface area contributed by atoms with E-state index in [2.05, 4.69) is 5.10 Å². The summed E-state index contributed by atoms with van der Waals surface area (Å²) in [6.07, 6.45) is 4.34. The molecule has 0 aliphatic rings. The predicted molar refractivity (Wildman–Crippen MR) is 70.1 cm³/mol. The lowest BCUT2D eigenvalue weighted by Gasteiger charge is -2.04. The zero-order valence-corrected chi connectivity index (χ0v) is 10.3.